The summed E-state index contributed by atoms with van der Waals surface area (Å²) >= 11 is 0. The molecule has 0 aliphatic heterocycles. The van der Waals surface area contributed by atoms with Gasteiger partial charge in [-0.3, -0.25) is 4.79 Å². The van der Waals surface area contributed by atoms with Gasteiger partial charge in [0, 0.05) is 18.4 Å². The van der Waals surface area contributed by atoms with E-state index in [1.165, 1.54) is 31.2 Å². The smallest absolute Gasteiger partial charge is 0.406 e. The molecule has 126 valence electrons. The molecule has 2 aromatic carbocycles. The third kappa shape index (κ3) is 5.22. The summed E-state index contributed by atoms with van der Waals surface area (Å²) in [6.45, 7) is 1.43. The number of hydrogen-bond donors (Lipinski definition) is 0. The molecule has 0 bridgehead atoms. The van der Waals surface area contributed by atoms with Gasteiger partial charge in [-0.05, 0) is 30.2 Å². The van der Waals surface area contributed by atoms with E-state index in [1.54, 1.807) is 24.3 Å². The lowest BCUT2D eigenvalue weighted by molar-refractivity contribution is -0.274. The van der Waals surface area contributed by atoms with Crippen LogP contribution < -0.4 is 4.74 Å². The molecule has 0 aliphatic carbocycles. The van der Waals surface area contributed by atoms with Crippen LogP contribution in [-0.4, -0.2) is 17.9 Å². The van der Waals surface area contributed by atoms with Gasteiger partial charge in [-0.25, -0.2) is 0 Å². The van der Waals surface area contributed by atoms with Gasteiger partial charge in [-0.15, -0.1) is 13.2 Å². The second kappa shape index (κ2) is 7.29. The molecule has 0 heterocycles. The molecule has 0 saturated heterocycles. The summed E-state index contributed by atoms with van der Waals surface area (Å²) in [7, 11) is 0. The Morgan fingerprint density at radius 3 is 1.83 bits per heavy atom. The number of Topliss-reactive ketones (excluding diaryl/α,β-unsaturated/α-hetero) is 2. The highest BCUT2D eigenvalue weighted by molar-refractivity contribution is 5.98. The maximum atomic E-state index is 12.1. The van der Waals surface area contributed by atoms with E-state index in [0.29, 0.717) is 11.1 Å². The average molecular weight is 336 g/mol. The lowest BCUT2D eigenvalue weighted by atomic mass is 10.0. The van der Waals surface area contributed by atoms with Crippen LogP contribution in [0, 0.1) is 0 Å². The van der Waals surface area contributed by atoms with E-state index in [0.717, 1.165) is 5.56 Å². The Bertz CT molecular complexity index is 717. The van der Waals surface area contributed by atoms with Crippen molar-refractivity contribution < 1.29 is 27.5 Å². The molecule has 0 fully saturated rings. The maximum absolute atomic E-state index is 12.1. The van der Waals surface area contributed by atoms with Gasteiger partial charge in [0.25, 0.3) is 0 Å². The molecule has 0 unspecified atom stereocenters. The fourth-order valence-corrected chi connectivity index (χ4v) is 2.13. The number of halogens is 3. The first-order valence-corrected chi connectivity index (χ1v) is 7.23. The molecule has 2 aromatic rings. The summed E-state index contributed by atoms with van der Waals surface area (Å²) in [4.78, 5) is 22.8. The summed E-state index contributed by atoms with van der Waals surface area (Å²) in [6.07, 6.45) is -4.34. The zero-order valence-electron chi connectivity index (χ0n) is 12.9. The first-order valence-electron chi connectivity index (χ1n) is 7.23. The van der Waals surface area contributed by atoms with E-state index in [-0.39, 0.29) is 30.2 Å². The number of ketones is 2. The predicted octanol–water partition coefficient (Wildman–Crippen LogP) is 4.80. The number of hydrogen-bond acceptors (Lipinski definition) is 3. The molecule has 0 amide bonds. The lowest BCUT2D eigenvalue weighted by Gasteiger charge is -2.09. The van der Waals surface area contributed by atoms with Gasteiger partial charge >= 0.3 is 6.36 Å². The molecule has 0 radical (unpaired) electrons. The molecule has 0 N–H and O–H groups in total. The van der Waals surface area contributed by atoms with Crippen LogP contribution in [0.5, 0.6) is 5.75 Å². The highest BCUT2D eigenvalue weighted by Gasteiger charge is 2.30. The van der Waals surface area contributed by atoms with Crippen molar-refractivity contribution in [3.8, 4) is 16.9 Å². The maximum Gasteiger partial charge on any atom is 0.573 e. The molecule has 2 rings (SSSR count). The number of carbonyl (C=O) groups is 2. The van der Waals surface area contributed by atoms with Crippen LogP contribution in [0.2, 0.25) is 0 Å². The molecular weight excluding hydrogens is 321 g/mol. The summed E-state index contributed by atoms with van der Waals surface area (Å²) in [5, 5.41) is 0. The third-order valence-electron chi connectivity index (χ3n) is 3.33. The Balaban J connectivity index is 2.07. The zero-order chi connectivity index (χ0) is 17.7. The highest BCUT2D eigenvalue weighted by atomic mass is 19.4. The van der Waals surface area contributed by atoms with Crippen LogP contribution in [0.25, 0.3) is 11.1 Å². The second-order valence-corrected chi connectivity index (χ2v) is 5.27. The zero-order valence-corrected chi connectivity index (χ0v) is 12.9. The van der Waals surface area contributed by atoms with E-state index in [4.69, 9.17) is 0 Å². The predicted molar refractivity (Wildman–Crippen MR) is 82.8 cm³/mol. The van der Waals surface area contributed by atoms with Crippen molar-refractivity contribution in [2.75, 3.05) is 0 Å². The third-order valence-corrected chi connectivity index (χ3v) is 3.33. The van der Waals surface area contributed by atoms with Crippen molar-refractivity contribution in [1.82, 2.24) is 0 Å². The van der Waals surface area contributed by atoms with Crippen LogP contribution in [0.4, 0.5) is 13.2 Å². The second-order valence-electron chi connectivity index (χ2n) is 5.27. The van der Waals surface area contributed by atoms with E-state index in [9.17, 15) is 22.8 Å². The summed E-state index contributed by atoms with van der Waals surface area (Å²) in [5.74, 6) is -0.450. The molecule has 0 spiro atoms. The minimum atomic E-state index is -4.72. The van der Waals surface area contributed by atoms with Gasteiger partial charge in [0.15, 0.2) is 5.78 Å². The van der Waals surface area contributed by atoms with E-state index in [1.807, 2.05) is 0 Å². The van der Waals surface area contributed by atoms with Gasteiger partial charge < -0.3 is 9.53 Å². The van der Waals surface area contributed by atoms with Crippen molar-refractivity contribution in [3.05, 3.63) is 54.1 Å². The quantitative estimate of drug-likeness (QED) is 0.712. The minimum absolute atomic E-state index is 0.0406. The van der Waals surface area contributed by atoms with Gasteiger partial charge in [0.2, 0.25) is 0 Å². The van der Waals surface area contributed by atoms with Crippen LogP contribution in [0.3, 0.4) is 0 Å². The normalized spacial score (nSPS) is 11.2. The van der Waals surface area contributed by atoms with E-state index < -0.39 is 6.36 Å². The Morgan fingerprint density at radius 1 is 0.875 bits per heavy atom. The largest absolute Gasteiger partial charge is 0.573 e. The van der Waals surface area contributed by atoms with Crippen LogP contribution in [-0.2, 0) is 4.79 Å². The van der Waals surface area contributed by atoms with Crippen molar-refractivity contribution in [1.29, 1.82) is 0 Å². The van der Waals surface area contributed by atoms with Crippen LogP contribution in [0.15, 0.2) is 48.5 Å². The Morgan fingerprint density at radius 2 is 1.38 bits per heavy atom. The molecule has 0 aromatic heterocycles. The topological polar surface area (TPSA) is 43.4 Å². The Kier molecular flexibility index (Phi) is 5.39. The Hall–Kier alpha value is -2.63. The molecule has 0 atom stereocenters. The Labute approximate surface area is 137 Å². The minimum Gasteiger partial charge on any atom is -0.406 e. The molecule has 24 heavy (non-hydrogen) atoms. The highest BCUT2D eigenvalue weighted by Crippen LogP contribution is 2.26. The molecule has 3 nitrogen and oxygen atoms in total. The van der Waals surface area contributed by atoms with E-state index >= 15 is 0 Å². The molecule has 0 aliphatic rings. The van der Waals surface area contributed by atoms with E-state index in [2.05, 4.69) is 4.74 Å². The number of alkyl halides is 3. The number of benzene rings is 2. The van der Waals surface area contributed by atoms with Crippen LogP contribution in [0.1, 0.15) is 30.1 Å². The summed E-state index contributed by atoms with van der Waals surface area (Å²) in [6, 6.07) is 12.2. The SMILES string of the molecule is CC(=O)CCC(=O)c1ccc(-c2ccc(OC(F)(F)F)cc2)cc1. The summed E-state index contributed by atoms with van der Waals surface area (Å²) < 4.78 is 40.2. The fraction of sp³-hybridized carbons (Fsp3) is 0.222. The number of carbonyl (C=O) groups excluding carboxylic acids is 2. The van der Waals surface area contributed by atoms with Crippen molar-refractivity contribution in [3.63, 3.8) is 0 Å². The molecular formula is C18H15F3O3. The van der Waals surface area contributed by atoms with Crippen molar-refractivity contribution in [2.45, 2.75) is 26.1 Å². The number of ether oxygens (including phenoxy) is 1. The monoisotopic (exact) mass is 336 g/mol. The standard InChI is InChI=1S/C18H15F3O3/c1-12(22)2-11-17(23)15-5-3-13(4-6-15)14-7-9-16(10-8-14)24-18(19,20)21/h3-10H,2,11H2,1H3. The lowest BCUT2D eigenvalue weighted by Crippen LogP contribution is -2.16. The average Bonchev–Trinajstić information content (AvgIpc) is 2.52. The van der Waals surface area contributed by atoms with Crippen molar-refractivity contribution in [2.24, 2.45) is 0 Å². The molecule has 6 heteroatoms. The van der Waals surface area contributed by atoms with Crippen LogP contribution >= 0.6 is 0 Å². The van der Waals surface area contributed by atoms with Gasteiger partial charge in [0.05, 0.1) is 0 Å². The first-order chi connectivity index (χ1) is 11.2. The van der Waals surface area contributed by atoms with Gasteiger partial charge in [-0.1, -0.05) is 36.4 Å². The number of rotatable bonds is 6. The molecule has 0 saturated carbocycles. The summed E-state index contributed by atoms with van der Waals surface area (Å²) in [5.41, 5.74) is 1.96. The van der Waals surface area contributed by atoms with Gasteiger partial charge in [-0.2, -0.15) is 0 Å². The van der Waals surface area contributed by atoms with Crippen molar-refractivity contribution >= 4 is 11.6 Å². The van der Waals surface area contributed by atoms with Gasteiger partial charge in [0.1, 0.15) is 11.5 Å². The first kappa shape index (κ1) is 17.7. The fourth-order valence-electron chi connectivity index (χ4n) is 2.13.